The van der Waals surface area contributed by atoms with Crippen molar-refractivity contribution in [1.82, 2.24) is 8.87 Å². The Morgan fingerprint density at radius 1 is 1.06 bits per heavy atom. The molecule has 1 aliphatic rings. The van der Waals surface area contributed by atoms with Crippen molar-refractivity contribution in [3.8, 4) is 11.5 Å². The van der Waals surface area contributed by atoms with E-state index in [1.54, 1.807) is 21.3 Å². The summed E-state index contributed by atoms with van der Waals surface area (Å²) in [4.78, 5) is 18.1. The van der Waals surface area contributed by atoms with Gasteiger partial charge in [-0.2, -0.15) is 9.30 Å². The second-order valence-corrected chi connectivity index (χ2v) is 11.5. The summed E-state index contributed by atoms with van der Waals surface area (Å²) in [5, 5.41) is 0. The van der Waals surface area contributed by atoms with Crippen LogP contribution in [0, 0.1) is 0 Å². The molecule has 188 valence electrons. The quantitative estimate of drug-likeness (QED) is 0.462. The van der Waals surface area contributed by atoms with Gasteiger partial charge in [0, 0.05) is 25.2 Å². The standard InChI is InChI=1S/C25H31N3O5S2/c1-5-28-22-20(32-3)15-16-21(33-4)23(22)34-25(28)26-24(29)17-11-13-19(14-12-17)35(30,31)27(2)18-9-7-6-8-10-18/h11-16,18H,5-10H2,1-4H3. The van der Waals surface area contributed by atoms with Gasteiger partial charge in [-0.1, -0.05) is 30.6 Å². The second-order valence-electron chi connectivity index (χ2n) is 8.53. The number of amides is 1. The van der Waals surface area contributed by atoms with Crippen molar-refractivity contribution in [3.05, 3.63) is 46.8 Å². The summed E-state index contributed by atoms with van der Waals surface area (Å²) < 4.78 is 41.4. The highest BCUT2D eigenvalue weighted by Crippen LogP contribution is 2.35. The van der Waals surface area contributed by atoms with Gasteiger partial charge in [-0.05, 0) is 56.2 Å². The van der Waals surface area contributed by atoms with Crippen LogP contribution in [0.2, 0.25) is 0 Å². The normalized spacial score (nSPS) is 15.6. The largest absolute Gasteiger partial charge is 0.495 e. The minimum atomic E-state index is -3.62. The number of carbonyl (C=O) groups excluding carboxylic acids is 1. The fourth-order valence-corrected chi connectivity index (χ4v) is 7.18. The van der Waals surface area contributed by atoms with Crippen molar-refractivity contribution in [1.29, 1.82) is 0 Å². The molecular formula is C25H31N3O5S2. The summed E-state index contributed by atoms with van der Waals surface area (Å²) in [5.41, 5.74) is 1.14. The first-order valence-electron chi connectivity index (χ1n) is 11.7. The zero-order valence-corrected chi connectivity index (χ0v) is 22.1. The Labute approximate surface area is 209 Å². The molecule has 3 aromatic rings. The van der Waals surface area contributed by atoms with Gasteiger partial charge in [-0.3, -0.25) is 4.79 Å². The third-order valence-corrected chi connectivity index (χ3v) is 9.59. The number of nitrogens with zero attached hydrogens (tertiary/aromatic N) is 3. The van der Waals surface area contributed by atoms with Gasteiger partial charge >= 0.3 is 0 Å². The van der Waals surface area contributed by atoms with Gasteiger partial charge in [-0.15, -0.1) is 0 Å². The summed E-state index contributed by atoms with van der Waals surface area (Å²) in [6.45, 7) is 2.55. The monoisotopic (exact) mass is 517 g/mol. The van der Waals surface area contributed by atoms with Gasteiger partial charge in [0.2, 0.25) is 10.0 Å². The van der Waals surface area contributed by atoms with Crippen molar-refractivity contribution in [3.63, 3.8) is 0 Å². The third kappa shape index (κ3) is 4.87. The number of carbonyl (C=O) groups is 1. The molecule has 0 spiro atoms. The minimum Gasteiger partial charge on any atom is -0.495 e. The number of fused-ring (bicyclic) bond motifs is 1. The molecule has 1 heterocycles. The molecule has 10 heteroatoms. The molecule has 0 bridgehead atoms. The van der Waals surface area contributed by atoms with Crippen LogP contribution < -0.4 is 14.3 Å². The Morgan fingerprint density at radius 3 is 2.29 bits per heavy atom. The zero-order chi connectivity index (χ0) is 25.2. The Kier molecular flexibility index (Phi) is 7.63. The van der Waals surface area contributed by atoms with Crippen LogP contribution in [0.5, 0.6) is 11.5 Å². The summed E-state index contributed by atoms with van der Waals surface area (Å²) in [7, 11) is 1.22. The molecule has 0 atom stereocenters. The molecule has 1 amide bonds. The fraction of sp³-hybridized carbons (Fsp3) is 0.440. The highest BCUT2D eigenvalue weighted by Gasteiger charge is 2.29. The van der Waals surface area contributed by atoms with Gasteiger partial charge in [0.25, 0.3) is 5.91 Å². The van der Waals surface area contributed by atoms with Gasteiger partial charge in [0.05, 0.1) is 19.1 Å². The van der Waals surface area contributed by atoms with Crippen LogP contribution in [-0.2, 0) is 16.6 Å². The fourth-order valence-electron chi connectivity index (χ4n) is 4.56. The van der Waals surface area contributed by atoms with E-state index in [-0.39, 0.29) is 10.9 Å². The molecule has 2 aromatic carbocycles. The van der Waals surface area contributed by atoms with Gasteiger partial charge < -0.3 is 14.0 Å². The number of hydrogen-bond donors (Lipinski definition) is 0. The van der Waals surface area contributed by atoms with Crippen molar-refractivity contribution in [2.75, 3.05) is 21.3 Å². The molecule has 0 radical (unpaired) electrons. The van der Waals surface area contributed by atoms with E-state index >= 15 is 0 Å². The summed E-state index contributed by atoms with van der Waals surface area (Å²) in [5.74, 6) is 0.907. The van der Waals surface area contributed by atoms with Gasteiger partial charge in [0.1, 0.15) is 21.7 Å². The Hall–Kier alpha value is -2.69. The van der Waals surface area contributed by atoms with Crippen LogP contribution in [0.3, 0.4) is 0 Å². The highest BCUT2D eigenvalue weighted by molar-refractivity contribution is 7.89. The maximum atomic E-state index is 13.1. The third-order valence-electron chi connectivity index (χ3n) is 6.57. The molecule has 0 saturated heterocycles. The molecule has 1 fully saturated rings. The maximum absolute atomic E-state index is 13.1. The average Bonchev–Trinajstić information content (AvgIpc) is 3.26. The number of hydrogen-bond acceptors (Lipinski definition) is 6. The van der Waals surface area contributed by atoms with Crippen molar-refractivity contribution < 1.29 is 22.7 Å². The van der Waals surface area contributed by atoms with E-state index in [1.165, 1.54) is 39.9 Å². The van der Waals surface area contributed by atoms with Crippen molar-refractivity contribution in [2.24, 2.45) is 4.99 Å². The molecule has 1 saturated carbocycles. The van der Waals surface area contributed by atoms with Crippen LogP contribution >= 0.6 is 11.3 Å². The first-order valence-corrected chi connectivity index (χ1v) is 14.0. The predicted molar refractivity (Wildman–Crippen MR) is 137 cm³/mol. The molecule has 8 nitrogen and oxygen atoms in total. The first kappa shape index (κ1) is 25.4. The van der Waals surface area contributed by atoms with Crippen LogP contribution in [0.15, 0.2) is 46.3 Å². The second kappa shape index (κ2) is 10.5. The van der Waals surface area contributed by atoms with Crippen molar-refractivity contribution in [2.45, 2.75) is 56.5 Å². The van der Waals surface area contributed by atoms with E-state index in [0.717, 1.165) is 42.3 Å². The number of thiazole rings is 1. The van der Waals surface area contributed by atoms with Crippen LogP contribution in [0.4, 0.5) is 0 Å². The zero-order valence-electron chi connectivity index (χ0n) is 20.5. The number of sulfonamides is 1. The molecule has 1 aliphatic carbocycles. The number of methoxy groups -OCH3 is 2. The molecular weight excluding hydrogens is 486 g/mol. The lowest BCUT2D eigenvalue weighted by Crippen LogP contribution is -2.38. The number of aromatic nitrogens is 1. The topological polar surface area (TPSA) is 90.2 Å². The molecule has 0 unspecified atom stereocenters. The van der Waals surface area contributed by atoms with E-state index in [9.17, 15) is 13.2 Å². The van der Waals surface area contributed by atoms with E-state index in [4.69, 9.17) is 9.47 Å². The lowest BCUT2D eigenvalue weighted by atomic mass is 9.96. The number of rotatable bonds is 7. The van der Waals surface area contributed by atoms with E-state index < -0.39 is 15.9 Å². The minimum absolute atomic E-state index is 0.0245. The molecule has 1 aromatic heterocycles. The molecule has 0 N–H and O–H groups in total. The predicted octanol–water partition coefficient (Wildman–Crippen LogP) is 4.43. The van der Waals surface area contributed by atoms with E-state index in [0.29, 0.717) is 28.4 Å². The number of aryl methyl sites for hydroxylation is 1. The molecule has 4 rings (SSSR count). The Morgan fingerprint density at radius 2 is 1.69 bits per heavy atom. The summed E-state index contributed by atoms with van der Waals surface area (Å²) in [6.07, 6.45) is 5.02. The van der Waals surface area contributed by atoms with Crippen LogP contribution in [0.25, 0.3) is 10.2 Å². The number of ether oxygens (including phenoxy) is 2. The lowest BCUT2D eigenvalue weighted by Gasteiger charge is -2.30. The van der Waals surface area contributed by atoms with E-state index in [1.807, 2.05) is 23.6 Å². The Balaban J connectivity index is 1.66. The van der Waals surface area contributed by atoms with Gasteiger partial charge in [-0.25, -0.2) is 8.42 Å². The van der Waals surface area contributed by atoms with Crippen LogP contribution in [-0.4, -0.2) is 50.5 Å². The van der Waals surface area contributed by atoms with Gasteiger partial charge in [0.15, 0.2) is 4.80 Å². The number of benzene rings is 2. The summed E-state index contributed by atoms with van der Waals surface area (Å²) >= 11 is 1.35. The molecule has 0 aliphatic heterocycles. The SMILES string of the molecule is CCn1c(=NC(=O)c2ccc(S(=O)(=O)N(C)C3CCCCC3)cc2)sc2c(OC)ccc(OC)c21. The first-order chi connectivity index (χ1) is 16.8. The highest BCUT2D eigenvalue weighted by atomic mass is 32.2. The van der Waals surface area contributed by atoms with Crippen LogP contribution in [0.1, 0.15) is 49.4 Å². The average molecular weight is 518 g/mol. The van der Waals surface area contributed by atoms with E-state index in [2.05, 4.69) is 4.99 Å². The smallest absolute Gasteiger partial charge is 0.279 e. The lowest BCUT2D eigenvalue weighted by molar-refractivity contribution is 0.0997. The molecule has 35 heavy (non-hydrogen) atoms. The maximum Gasteiger partial charge on any atom is 0.279 e. The summed E-state index contributed by atoms with van der Waals surface area (Å²) in [6, 6.07) is 9.71. The Bertz CT molecular complexity index is 1380. The van der Waals surface area contributed by atoms with Crippen molar-refractivity contribution >= 4 is 37.5 Å².